The number of benzene rings is 1. The minimum Gasteiger partial charge on any atom is -0.301 e. The van der Waals surface area contributed by atoms with Gasteiger partial charge in [0.1, 0.15) is 10.6 Å². The monoisotopic (exact) mass is 416 g/mol. The number of nitrogens with one attached hydrogen (secondary N) is 1. The van der Waals surface area contributed by atoms with Gasteiger partial charge in [0.05, 0.1) is 11.1 Å². The lowest BCUT2D eigenvalue weighted by molar-refractivity contribution is 0.540. The third kappa shape index (κ3) is 3.83. The Labute approximate surface area is 168 Å². The summed E-state index contributed by atoms with van der Waals surface area (Å²) in [6.45, 7) is 2.89. The molecule has 0 aliphatic rings. The van der Waals surface area contributed by atoms with E-state index in [1.54, 1.807) is 16.8 Å². The van der Waals surface area contributed by atoms with E-state index in [9.17, 15) is 9.18 Å². The van der Waals surface area contributed by atoms with Crippen molar-refractivity contribution in [3.05, 3.63) is 51.6 Å². The zero-order valence-electron chi connectivity index (χ0n) is 15.1. The lowest BCUT2D eigenvalue weighted by Crippen LogP contribution is -2.09. The van der Waals surface area contributed by atoms with Crippen molar-refractivity contribution in [1.29, 1.82) is 0 Å². The number of thioether (sulfide) groups is 1. The molecule has 0 unspecified atom stereocenters. The van der Waals surface area contributed by atoms with Crippen LogP contribution in [0.5, 0.6) is 0 Å². The van der Waals surface area contributed by atoms with Crippen LogP contribution in [0.1, 0.15) is 25.6 Å². The molecule has 4 aromatic rings. The average Bonchev–Trinajstić information content (AvgIpc) is 3.32. The van der Waals surface area contributed by atoms with Crippen molar-refractivity contribution in [2.75, 3.05) is 0 Å². The fraction of sp³-hybridized carbons (Fsp3) is 0.278. The van der Waals surface area contributed by atoms with Crippen molar-refractivity contribution in [3.63, 3.8) is 0 Å². The maximum atomic E-state index is 13.2. The average molecular weight is 417 g/mol. The van der Waals surface area contributed by atoms with Gasteiger partial charge in [0.15, 0.2) is 11.0 Å². The van der Waals surface area contributed by atoms with E-state index in [4.69, 9.17) is 0 Å². The molecule has 7 nitrogen and oxygen atoms in total. The Morgan fingerprint density at radius 1 is 1.29 bits per heavy atom. The maximum absolute atomic E-state index is 13.2. The highest BCUT2D eigenvalue weighted by Gasteiger charge is 2.14. The number of H-pyrrole nitrogens is 1. The molecule has 0 radical (unpaired) electrons. The fourth-order valence-electron chi connectivity index (χ4n) is 2.78. The fourth-order valence-corrected chi connectivity index (χ4v) is 4.58. The van der Waals surface area contributed by atoms with Crippen molar-refractivity contribution in [3.8, 4) is 11.1 Å². The Morgan fingerprint density at radius 3 is 2.89 bits per heavy atom. The van der Waals surface area contributed by atoms with E-state index < -0.39 is 0 Å². The molecule has 3 heterocycles. The summed E-state index contributed by atoms with van der Waals surface area (Å²) >= 11 is 2.78. The molecule has 10 heteroatoms. The van der Waals surface area contributed by atoms with Gasteiger partial charge in [0.2, 0.25) is 0 Å². The number of aromatic amines is 1. The lowest BCUT2D eigenvalue weighted by Gasteiger charge is -2.04. The molecule has 0 aliphatic carbocycles. The number of aromatic nitrogens is 6. The largest absolute Gasteiger partial charge is 0.301 e. The highest BCUT2D eigenvalue weighted by Crippen LogP contribution is 2.31. The number of aryl methyl sites for hydroxylation is 1. The highest BCUT2D eigenvalue weighted by atomic mass is 32.2. The first kappa shape index (κ1) is 18.8. The van der Waals surface area contributed by atoms with Gasteiger partial charge in [-0.05, 0) is 34.5 Å². The van der Waals surface area contributed by atoms with Gasteiger partial charge in [-0.3, -0.25) is 4.79 Å². The Balaban J connectivity index is 1.58. The van der Waals surface area contributed by atoms with Crippen LogP contribution in [0.4, 0.5) is 4.39 Å². The molecule has 0 bridgehead atoms. The van der Waals surface area contributed by atoms with E-state index in [-0.39, 0.29) is 11.4 Å². The first-order valence-electron chi connectivity index (χ1n) is 8.81. The second-order valence-electron chi connectivity index (χ2n) is 6.17. The van der Waals surface area contributed by atoms with Crippen molar-refractivity contribution in [2.24, 2.45) is 0 Å². The number of hydrogen-bond donors (Lipinski definition) is 1. The van der Waals surface area contributed by atoms with Crippen LogP contribution in [0.25, 0.3) is 21.3 Å². The van der Waals surface area contributed by atoms with Crippen molar-refractivity contribution in [2.45, 2.75) is 37.2 Å². The number of unbranched alkanes of at least 4 members (excludes halogenated alkanes) is 1. The number of halogens is 1. The van der Waals surface area contributed by atoms with Gasteiger partial charge in [0, 0.05) is 17.5 Å². The molecule has 0 saturated heterocycles. The summed E-state index contributed by atoms with van der Waals surface area (Å²) in [6.07, 6.45) is 2.07. The first-order valence-corrected chi connectivity index (χ1v) is 10.7. The van der Waals surface area contributed by atoms with E-state index in [0.717, 1.165) is 36.3 Å². The Hall–Kier alpha value is -2.59. The van der Waals surface area contributed by atoms with Crippen LogP contribution in [0, 0.1) is 5.82 Å². The smallest absolute Gasteiger partial charge is 0.260 e. The van der Waals surface area contributed by atoms with E-state index in [1.165, 1.54) is 35.2 Å². The van der Waals surface area contributed by atoms with Gasteiger partial charge in [-0.15, -0.1) is 16.4 Å². The van der Waals surface area contributed by atoms with Crippen LogP contribution in [-0.4, -0.2) is 30.2 Å². The molecule has 0 amide bonds. The molecular weight excluding hydrogens is 399 g/mol. The summed E-state index contributed by atoms with van der Waals surface area (Å²) in [5.41, 5.74) is 1.34. The van der Waals surface area contributed by atoms with E-state index >= 15 is 0 Å². The summed E-state index contributed by atoms with van der Waals surface area (Å²) in [5.74, 6) is 0.955. The number of fused-ring (bicyclic) bond motifs is 1. The van der Waals surface area contributed by atoms with Crippen LogP contribution in [0.2, 0.25) is 0 Å². The van der Waals surface area contributed by atoms with Gasteiger partial charge < -0.3 is 4.98 Å². The normalized spacial score (nSPS) is 11.4. The van der Waals surface area contributed by atoms with Crippen molar-refractivity contribution in [1.82, 2.24) is 30.2 Å². The summed E-state index contributed by atoms with van der Waals surface area (Å²) in [7, 11) is 0. The molecule has 0 aliphatic heterocycles. The number of thiophene rings is 1. The summed E-state index contributed by atoms with van der Waals surface area (Å²) in [4.78, 5) is 20.7. The molecule has 1 aromatic carbocycles. The molecule has 0 atom stereocenters. The second kappa shape index (κ2) is 8.19. The number of hydrogen-bond acceptors (Lipinski definition) is 7. The zero-order valence-corrected chi connectivity index (χ0v) is 16.7. The van der Waals surface area contributed by atoms with Gasteiger partial charge in [-0.1, -0.05) is 37.2 Å². The summed E-state index contributed by atoms with van der Waals surface area (Å²) in [6, 6.07) is 6.09. The molecule has 0 fully saturated rings. The van der Waals surface area contributed by atoms with E-state index in [0.29, 0.717) is 21.1 Å². The topological polar surface area (TPSA) is 89.3 Å². The van der Waals surface area contributed by atoms with Crippen LogP contribution in [0.15, 0.2) is 39.6 Å². The van der Waals surface area contributed by atoms with Crippen LogP contribution < -0.4 is 5.56 Å². The van der Waals surface area contributed by atoms with Gasteiger partial charge >= 0.3 is 0 Å². The van der Waals surface area contributed by atoms with Crippen molar-refractivity contribution >= 4 is 33.3 Å². The minimum absolute atomic E-state index is 0.210. The summed E-state index contributed by atoms with van der Waals surface area (Å²) < 4.78 is 15.0. The lowest BCUT2D eigenvalue weighted by atomic mass is 10.1. The van der Waals surface area contributed by atoms with Gasteiger partial charge in [-0.25, -0.2) is 14.1 Å². The zero-order chi connectivity index (χ0) is 19.5. The SMILES string of the molecule is CCCCn1nnnc1CSc1nc2scc(-c3ccc(F)cc3)c2c(=O)[nH]1. The van der Waals surface area contributed by atoms with Crippen molar-refractivity contribution < 1.29 is 4.39 Å². The van der Waals surface area contributed by atoms with E-state index in [1.807, 2.05) is 5.38 Å². The number of tetrazole rings is 1. The second-order valence-corrected chi connectivity index (χ2v) is 7.99. The molecule has 3 aromatic heterocycles. The quantitative estimate of drug-likeness (QED) is 0.363. The van der Waals surface area contributed by atoms with Crippen LogP contribution in [-0.2, 0) is 12.3 Å². The van der Waals surface area contributed by atoms with Crippen LogP contribution in [0.3, 0.4) is 0 Å². The van der Waals surface area contributed by atoms with Gasteiger partial charge in [0.25, 0.3) is 5.56 Å². The number of nitrogens with zero attached hydrogens (tertiary/aromatic N) is 5. The highest BCUT2D eigenvalue weighted by molar-refractivity contribution is 7.98. The third-order valence-corrected chi connectivity index (χ3v) is 5.99. The molecule has 28 heavy (non-hydrogen) atoms. The standard InChI is InChI=1S/C18H17FN6OS2/c1-2-3-8-25-14(22-23-24-25)10-28-18-20-16(26)15-13(9-27-17(15)21-18)11-4-6-12(19)7-5-11/h4-7,9H,2-3,8,10H2,1H3,(H,20,21,26). The van der Waals surface area contributed by atoms with Crippen LogP contribution >= 0.6 is 23.1 Å². The predicted molar refractivity (Wildman–Crippen MR) is 108 cm³/mol. The first-order chi connectivity index (χ1) is 13.7. The molecule has 1 N–H and O–H groups in total. The molecule has 0 spiro atoms. The minimum atomic E-state index is -0.310. The Kier molecular flexibility index (Phi) is 5.49. The molecule has 144 valence electrons. The molecular formula is C18H17FN6OS2. The maximum Gasteiger partial charge on any atom is 0.260 e. The summed E-state index contributed by atoms with van der Waals surface area (Å²) in [5, 5.41) is 14.7. The Morgan fingerprint density at radius 2 is 2.11 bits per heavy atom. The Bertz CT molecular complexity index is 1150. The predicted octanol–water partition coefficient (Wildman–Crippen LogP) is 3.87. The molecule has 0 saturated carbocycles. The molecule has 4 rings (SSSR count). The number of rotatable bonds is 7. The van der Waals surface area contributed by atoms with Gasteiger partial charge in [-0.2, -0.15) is 0 Å². The van der Waals surface area contributed by atoms with E-state index in [2.05, 4.69) is 32.4 Å². The third-order valence-electron chi connectivity index (χ3n) is 4.24.